The zero-order valence-corrected chi connectivity index (χ0v) is 14.8. The number of nitrogens with one attached hydrogen (secondary N) is 1. The second-order valence-corrected chi connectivity index (χ2v) is 8.23. The van der Waals surface area contributed by atoms with Crippen LogP contribution in [0, 0.1) is 0 Å². The molecule has 132 valence electrons. The van der Waals surface area contributed by atoms with Crippen molar-refractivity contribution in [3.63, 3.8) is 0 Å². The molecule has 8 heteroatoms. The molecule has 1 saturated heterocycles. The quantitative estimate of drug-likeness (QED) is 0.843. The lowest BCUT2D eigenvalue weighted by molar-refractivity contribution is -0.129. The van der Waals surface area contributed by atoms with Crippen molar-refractivity contribution in [2.45, 2.75) is 13.3 Å². The lowest BCUT2D eigenvalue weighted by Gasteiger charge is -2.35. The van der Waals surface area contributed by atoms with Gasteiger partial charge >= 0.3 is 0 Å². The van der Waals surface area contributed by atoms with E-state index in [1.807, 2.05) is 17.0 Å². The Morgan fingerprint density at radius 2 is 1.67 bits per heavy atom. The third-order valence-electron chi connectivity index (χ3n) is 3.94. The molecule has 7 nitrogen and oxygen atoms in total. The van der Waals surface area contributed by atoms with Crippen molar-refractivity contribution in [1.29, 1.82) is 0 Å². The minimum Gasteiger partial charge on any atom is -0.368 e. The summed E-state index contributed by atoms with van der Waals surface area (Å²) in [4.78, 5) is 27.1. The highest BCUT2D eigenvalue weighted by molar-refractivity contribution is 7.90. The lowest BCUT2D eigenvalue weighted by atomic mass is 10.2. The van der Waals surface area contributed by atoms with Crippen molar-refractivity contribution in [2.75, 3.05) is 48.4 Å². The van der Waals surface area contributed by atoms with Crippen LogP contribution in [0.2, 0.25) is 0 Å². The van der Waals surface area contributed by atoms with Crippen LogP contribution < -0.4 is 10.2 Å². The Bertz CT molecular complexity index is 693. The molecule has 0 radical (unpaired) electrons. The Kier molecular flexibility index (Phi) is 5.82. The Morgan fingerprint density at radius 1 is 1.08 bits per heavy atom. The van der Waals surface area contributed by atoms with Crippen LogP contribution in [0.25, 0.3) is 0 Å². The van der Waals surface area contributed by atoms with E-state index in [0.29, 0.717) is 18.8 Å². The number of amides is 2. The van der Waals surface area contributed by atoms with E-state index in [-0.39, 0.29) is 24.0 Å². The Morgan fingerprint density at radius 3 is 2.17 bits per heavy atom. The van der Waals surface area contributed by atoms with Crippen LogP contribution in [0.4, 0.5) is 11.4 Å². The minimum absolute atomic E-state index is 0.0480. The number of hydrogen-bond donors (Lipinski definition) is 1. The van der Waals surface area contributed by atoms with Crippen LogP contribution in [0.1, 0.15) is 13.3 Å². The first-order valence-electron chi connectivity index (χ1n) is 7.83. The van der Waals surface area contributed by atoms with Crippen LogP contribution in [0.5, 0.6) is 0 Å². The normalized spacial score (nSPS) is 15.2. The second-order valence-electron chi connectivity index (χ2n) is 5.97. The van der Waals surface area contributed by atoms with Gasteiger partial charge in [0.15, 0.2) is 0 Å². The molecule has 2 rings (SSSR count). The van der Waals surface area contributed by atoms with E-state index >= 15 is 0 Å². The van der Waals surface area contributed by atoms with Gasteiger partial charge in [0.2, 0.25) is 11.8 Å². The monoisotopic (exact) mass is 353 g/mol. The molecule has 1 fully saturated rings. The summed E-state index contributed by atoms with van der Waals surface area (Å²) in [7, 11) is -3.14. The van der Waals surface area contributed by atoms with Gasteiger partial charge < -0.3 is 15.1 Å². The van der Waals surface area contributed by atoms with Gasteiger partial charge in [0.05, 0.1) is 5.75 Å². The minimum atomic E-state index is -3.14. The number of rotatable bonds is 5. The lowest BCUT2D eigenvalue weighted by Crippen LogP contribution is -2.48. The molecule has 2 amide bonds. The molecule has 0 unspecified atom stereocenters. The molecule has 0 aliphatic carbocycles. The molecular formula is C16H23N3O4S. The van der Waals surface area contributed by atoms with E-state index in [2.05, 4.69) is 10.2 Å². The topological polar surface area (TPSA) is 86.8 Å². The van der Waals surface area contributed by atoms with Crippen LogP contribution >= 0.6 is 0 Å². The van der Waals surface area contributed by atoms with Crippen LogP contribution in [-0.4, -0.2) is 63.3 Å². The summed E-state index contributed by atoms with van der Waals surface area (Å²) in [5.41, 5.74) is 1.67. The maximum atomic E-state index is 11.7. The molecule has 0 bridgehead atoms. The molecule has 0 aromatic heterocycles. The first-order valence-corrected chi connectivity index (χ1v) is 9.89. The molecule has 1 aliphatic rings. The molecule has 0 atom stereocenters. The average Bonchev–Trinajstić information content (AvgIpc) is 2.53. The number of piperazine rings is 1. The number of carbonyl (C=O) groups is 2. The molecule has 24 heavy (non-hydrogen) atoms. The van der Waals surface area contributed by atoms with Gasteiger partial charge in [-0.3, -0.25) is 9.59 Å². The first-order chi connectivity index (χ1) is 11.2. The first kappa shape index (κ1) is 18.3. The standard InChI is InChI=1S/C16H23N3O4S/c1-13(20)18-8-10-19(11-9-18)15-5-3-14(4-6-15)17-16(21)7-12-24(2,22)23/h3-6H,7-12H2,1-2H3,(H,17,21). The number of hydrogen-bond acceptors (Lipinski definition) is 5. The number of benzene rings is 1. The van der Waals surface area contributed by atoms with Gasteiger partial charge in [-0.15, -0.1) is 0 Å². The maximum Gasteiger partial charge on any atom is 0.225 e. The second kappa shape index (κ2) is 7.65. The smallest absolute Gasteiger partial charge is 0.225 e. The van der Waals surface area contributed by atoms with Gasteiger partial charge in [-0.2, -0.15) is 0 Å². The Balaban J connectivity index is 1.87. The molecule has 0 saturated carbocycles. The van der Waals surface area contributed by atoms with E-state index in [9.17, 15) is 18.0 Å². The zero-order valence-electron chi connectivity index (χ0n) is 14.0. The largest absolute Gasteiger partial charge is 0.368 e. The van der Waals surface area contributed by atoms with Crippen molar-refractivity contribution in [1.82, 2.24) is 4.90 Å². The van der Waals surface area contributed by atoms with E-state index in [1.165, 1.54) is 0 Å². The fourth-order valence-corrected chi connectivity index (χ4v) is 3.09. The number of nitrogens with zero attached hydrogens (tertiary/aromatic N) is 2. The van der Waals surface area contributed by atoms with Gasteiger partial charge in [-0.25, -0.2) is 8.42 Å². The highest BCUT2D eigenvalue weighted by Crippen LogP contribution is 2.19. The van der Waals surface area contributed by atoms with E-state index < -0.39 is 9.84 Å². The molecule has 1 aliphatic heterocycles. The summed E-state index contributed by atoms with van der Waals surface area (Å²) in [6.07, 6.45) is 1.06. The van der Waals surface area contributed by atoms with E-state index in [1.54, 1.807) is 19.1 Å². The molecule has 1 aromatic carbocycles. The van der Waals surface area contributed by atoms with Gasteiger partial charge in [0.25, 0.3) is 0 Å². The zero-order chi connectivity index (χ0) is 17.7. The summed E-state index contributed by atoms with van der Waals surface area (Å²) in [5, 5.41) is 2.69. The Labute approximate surface area is 142 Å². The average molecular weight is 353 g/mol. The highest BCUT2D eigenvalue weighted by Gasteiger charge is 2.18. The predicted octanol–water partition coefficient (Wildman–Crippen LogP) is 0.728. The summed E-state index contributed by atoms with van der Waals surface area (Å²) >= 11 is 0. The van der Waals surface area contributed by atoms with Gasteiger partial charge in [0, 0.05) is 57.2 Å². The van der Waals surface area contributed by atoms with E-state index in [4.69, 9.17) is 0 Å². The molecule has 0 spiro atoms. The van der Waals surface area contributed by atoms with Crippen LogP contribution in [-0.2, 0) is 19.4 Å². The summed E-state index contributed by atoms with van der Waals surface area (Å²) in [6.45, 7) is 4.55. The highest BCUT2D eigenvalue weighted by atomic mass is 32.2. The number of carbonyl (C=O) groups excluding carboxylic acids is 2. The number of sulfone groups is 1. The predicted molar refractivity (Wildman–Crippen MR) is 93.9 cm³/mol. The van der Waals surface area contributed by atoms with Crippen molar-refractivity contribution in [2.24, 2.45) is 0 Å². The van der Waals surface area contributed by atoms with Gasteiger partial charge in [0.1, 0.15) is 9.84 Å². The summed E-state index contributed by atoms with van der Waals surface area (Å²) < 4.78 is 22.1. The fraction of sp³-hybridized carbons (Fsp3) is 0.500. The van der Waals surface area contributed by atoms with Crippen molar-refractivity contribution in [3.8, 4) is 0 Å². The molecule has 1 heterocycles. The van der Waals surface area contributed by atoms with Crippen molar-refractivity contribution in [3.05, 3.63) is 24.3 Å². The summed E-state index contributed by atoms with van der Waals surface area (Å²) in [6, 6.07) is 7.42. The number of anilines is 2. The molecular weight excluding hydrogens is 330 g/mol. The fourth-order valence-electron chi connectivity index (χ4n) is 2.54. The van der Waals surface area contributed by atoms with E-state index in [0.717, 1.165) is 25.0 Å². The van der Waals surface area contributed by atoms with Crippen molar-refractivity contribution < 1.29 is 18.0 Å². The SMILES string of the molecule is CC(=O)N1CCN(c2ccc(NC(=O)CCS(C)(=O)=O)cc2)CC1. The van der Waals surface area contributed by atoms with Gasteiger partial charge in [-0.1, -0.05) is 0 Å². The third kappa shape index (κ3) is 5.52. The third-order valence-corrected chi connectivity index (χ3v) is 4.89. The van der Waals surface area contributed by atoms with Crippen molar-refractivity contribution >= 4 is 33.0 Å². The molecule has 1 aromatic rings. The van der Waals surface area contributed by atoms with Crippen LogP contribution in [0.15, 0.2) is 24.3 Å². The summed E-state index contributed by atoms with van der Waals surface area (Å²) in [5.74, 6) is -0.373. The van der Waals surface area contributed by atoms with Gasteiger partial charge in [-0.05, 0) is 24.3 Å². The van der Waals surface area contributed by atoms with Crippen LogP contribution in [0.3, 0.4) is 0 Å². The maximum absolute atomic E-state index is 11.7. The Hall–Kier alpha value is -2.09. The molecule has 1 N–H and O–H groups in total.